The third-order valence-electron chi connectivity index (χ3n) is 8.13. The number of hydrogen-bond donors (Lipinski definition) is 1. The molecule has 2 N–H and O–H groups in total. The first kappa shape index (κ1) is 18.8. The molecule has 0 saturated heterocycles. The smallest absolute Gasteiger partial charge is 0.0309 e. The van der Waals surface area contributed by atoms with E-state index in [1.165, 1.54) is 44.1 Å². The molecule has 1 heteroatoms. The molecule has 140 valence electrons. The Morgan fingerprint density at radius 1 is 1.12 bits per heavy atom. The van der Waals surface area contributed by atoms with Gasteiger partial charge < -0.3 is 5.73 Å². The maximum Gasteiger partial charge on any atom is 0.0309 e. The van der Waals surface area contributed by atoms with Gasteiger partial charge in [0.2, 0.25) is 0 Å². The van der Waals surface area contributed by atoms with Crippen molar-refractivity contribution in [2.75, 3.05) is 0 Å². The Labute approximate surface area is 155 Å². The van der Waals surface area contributed by atoms with Gasteiger partial charge in [-0.05, 0) is 91.4 Å². The number of allylic oxidation sites excluding steroid dienone is 4. The van der Waals surface area contributed by atoms with Crippen LogP contribution in [0.1, 0.15) is 73.1 Å². The summed E-state index contributed by atoms with van der Waals surface area (Å²) >= 11 is 0. The van der Waals surface area contributed by atoms with Crippen molar-refractivity contribution in [3.63, 3.8) is 0 Å². The van der Waals surface area contributed by atoms with Crippen molar-refractivity contribution in [1.29, 1.82) is 0 Å². The van der Waals surface area contributed by atoms with Crippen molar-refractivity contribution < 1.29 is 0 Å². The molecular weight excluding hydrogens is 302 g/mol. The van der Waals surface area contributed by atoms with Gasteiger partial charge in [0.1, 0.15) is 0 Å². The van der Waals surface area contributed by atoms with Gasteiger partial charge >= 0.3 is 0 Å². The molecule has 4 rings (SSSR count). The lowest BCUT2D eigenvalue weighted by atomic mass is 9.52. The highest BCUT2D eigenvalue weighted by Gasteiger charge is 2.54. The Balaban J connectivity index is 0.000000569. The van der Waals surface area contributed by atoms with E-state index in [2.05, 4.69) is 46.4 Å². The van der Waals surface area contributed by atoms with E-state index in [1.807, 2.05) is 6.92 Å². The molecule has 6 unspecified atom stereocenters. The molecule has 0 spiro atoms. The summed E-state index contributed by atoms with van der Waals surface area (Å²) in [7, 11) is 0. The molecule has 1 nitrogen and oxygen atoms in total. The van der Waals surface area contributed by atoms with Gasteiger partial charge in [-0.1, -0.05) is 45.9 Å². The van der Waals surface area contributed by atoms with Crippen LogP contribution in [0, 0.1) is 40.4 Å². The molecule has 0 aliphatic heterocycles. The van der Waals surface area contributed by atoms with Crippen molar-refractivity contribution >= 4 is 0 Å². The molecule has 2 saturated carbocycles. The summed E-state index contributed by atoms with van der Waals surface area (Å²) in [6, 6.07) is 0. The number of hydrogen-bond acceptors (Lipinski definition) is 1. The van der Waals surface area contributed by atoms with E-state index in [9.17, 15) is 0 Å². The second kappa shape index (κ2) is 6.63. The highest BCUT2D eigenvalue weighted by molar-refractivity contribution is 5.39. The Hall–Kier alpha value is -0.980. The quantitative estimate of drug-likeness (QED) is 0.502. The van der Waals surface area contributed by atoms with E-state index < -0.39 is 0 Å². The fourth-order valence-electron chi connectivity index (χ4n) is 6.52. The first-order chi connectivity index (χ1) is 11.7. The molecule has 4 aliphatic carbocycles. The molecule has 0 bridgehead atoms. The first-order valence-electron chi connectivity index (χ1n) is 10.5. The summed E-state index contributed by atoms with van der Waals surface area (Å²) in [5, 5.41) is 0. The summed E-state index contributed by atoms with van der Waals surface area (Å²) in [5.74, 6) is 4.17. The van der Waals surface area contributed by atoms with E-state index in [0.29, 0.717) is 10.8 Å². The third kappa shape index (κ3) is 3.13. The van der Waals surface area contributed by atoms with Gasteiger partial charge in [0.15, 0.2) is 0 Å². The summed E-state index contributed by atoms with van der Waals surface area (Å²) in [5.41, 5.74) is 10.1. The molecule has 0 aromatic carbocycles. The molecule has 25 heavy (non-hydrogen) atoms. The maximum atomic E-state index is 6.57. The van der Waals surface area contributed by atoms with Crippen molar-refractivity contribution in [2.24, 2.45) is 46.2 Å². The molecule has 0 amide bonds. The van der Waals surface area contributed by atoms with Crippen LogP contribution in [0.3, 0.4) is 0 Å². The summed E-state index contributed by atoms with van der Waals surface area (Å²) < 4.78 is 0. The average molecular weight is 342 g/mol. The standard InChI is InChI=1S/C21H33N.C3H6/c1-13-5-6-18-16-11-19(22)17-12-20(2,3)9-7-15(17)14(16)8-10-21(13,18)4;1-3-2/h11-16,18H,5-10,22H2,1-4H3;3H,1H2,2H3. The Morgan fingerprint density at radius 2 is 1.80 bits per heavy atom. The Morgan fingerprint density at radius 3 is 2.48 bits per heavy atom. The van der Waals surface area contributed by atoms with Crippen LogP contribution in [0.4, 0.5) is 0 Å². The minimum absolute atomic E-state index is 0.335. The average Bonchev–Trinajstić information content (AvgIpc) is 2.84. The van der Waals surface area contributed by atoms with E-state index in [-0.39, 0.29) is 0 Å². The van der Waals surface area contributed by atoms with Crippen LogP contribution in [0.2, 0.25) is 0 Å². The highest BCUT2D eigenvalue weighted by Crippen LogP contribution is 2.63. The molecule has 4 aliphatic rings. The first-order valence-corrected chi connectivity index (χ1v) is 10.5. The predicted molar refractivity (Wildman–Crippen MR) is 109 cm³/mol. The molecule has 0 aromatic heterocycles. The second-order valence-corrected chi connectivity index (χ2v) is 10.1. The van der Waals surface area contributed by atoms with Crippen LogP contribution in [0.15, 0.2) is 36.1 Å². The van der Waals surface area contributed by atoms with E-state index >= 15 is 0 Å². The molecule has 0 heterocycles. The number of nitrogens with two attached hydrogens (primary N) is 1. The molecular formula is C24H39N. The summed E-state index contributed by atoms with van der Waals surface area (Å²) in [6.45, 7) is 15.0. The lowest BCUT2D eigenvalue weighted by Crippen LogP contribution is -2.46. The van der Waals surface area contributed by atoms with Gasteiger partial charge in [-0.2, -0.15) is 0 Å². The maximum absolute atomic E-state index is 6.57. The zero-order valence-electron chi connectivity index (χ0n) is 17.1. The van der Waals surface area contributed by atoms with E-state index in [0.717, 1.165) is 35.3 Å². The van der Waals surface area contributed by atoms with Gasteiger partial charge in [0, 0.05) is 5.70 Å². The van der Waals surface area contributed by atoms with Crippen LogP contribution >= 0.6 is 0 Å². The number of rotatable bonds is 0. The second-order valence-electron chi connectivity index (χ2n) is 10.1. The highest BCUT2D eigenvalue weighted by atomic mass is 14.7. The van der Waals surface area contributed by atoms with Gasteiger partial charge in [0.25, 0.3) is 0 Å². The lowest BCUT2D eigenvalue weighted by molar-refractivity contribution is 0.0137. The number of fused-ring (bicyclic) bond motifs is 5. The SMILES string of the molecule is C=CC.CC1CCC2C3C=C(N)C4=CC(C)(C)CCC4C3CCC12C. The zero-order chi connectivity index (χ0) is 18.4. The minimum atomic E-state index is 0.335. The van der Waals surface area contributed by atoms with Crippen LogP contribution in [-0.2, 0) is 0 Å². The van der Waals surface area contributed by atoms with Crippen molar-refractivity contribution in [1.82, 2.24) is 0 Å². The monoisotopic (exact) mass is 341 g/mol. The predicted octanol–water partition coefficient (Wildman–Crippen LogP) is 6.48. The lowest BCUT2D eigenvalue weighted by Gasteiger charge is -2.53. The van der Waals surface area contributed by atoms with E-state index in [4.69, 9.17) is 5.73 Å². The minimum Gasteiger partial charge on any atom is -0.399 e. The largest absolute Gasteiger partial charge is 0.399 e. The molecule has 6 atom stereocenters. The van der Waals surface area contributed by atoms with Crippen LogP contribution in [0.25, 0.3) is 0 Å². The third-order valence-corrected chi connectivity index (χ3v) is 8.13. The molecule has 0 aromatic rings. The topological polar surface area (TPSA) is 26.0 Å². The van der Waals surface area contributed by atoms with Gasteiger partial charge in [-0.15, -0.1) is 6.58 Å². The zero-order valence-corrected chi connectivity index (χ0v) is 17.1. The van der Waals surface area contributed by atoms with Crippen molar-refractivity contribution in [3.8, 4) is 0 Å². The summed E-state index contributed by atoms with van der Waals surface area (Å²) in [4.78, 5) is 0. The van der Waals surface area contributed by atoms with Crippen molar-refractivity contribution in [3.05, 3.63) is 36.1 Å². The normalized spacial score (nSPS) is 44.1. The van der Waals surface area contributed by atoms with Gasteiger partial charge in [-0.25, -0.2) is 0 Å². The summed E-state index contributed by atoms with van der Waals surface area (Å²) in [6.07, 6.45) is 15.2. The Kier molecular flexibility index (Phi) is 4.99. The van der Waals surface area contributed by atoms with Gasteiger partial charge in [-0.3, -0.25) is 0 Å². The van der Waals surface area contributed by atoms with Crippen LogP contribution < -0.4 is 5.73 Å². The van der Waals surface area contributed by atoms with Gasteiger partial charge in [0.05, 0.1) is 0 Å². The van der Waals surface area contributed by atoms with Crippen LogP contribution in [0.5, 0.6) is 0 Å². The molecule has 0 radical (unpaired) electrons. The van der Waals surface area contributed by atoms with E-state index in [1.54, 1.807) is 6.08 Å². The fourth-order valence-corrected chi connectivity index (χ4v) is 6.52. The van der Waals surface area contributed by atoms with Crippen molar-refractivity contribution in [2.45, 2.75) is 73.1 Å². The Bertz CT molecular complexity index is 581. The van der Waals surface area contributed by atoms with Crippen LogP contribution in [-0.4, -0.2) is 0 Å². The molecule has 2 fully saturated rings. The fraction of sp³-hybridized carbons (Fsp3) is 0.750.